The zero-order valence-corrected chi connectivity index (χ0v) is 16.9. The van der Waals surface area contributed by atoms with E-state index in [0.717, 1.165) is 11.3 Å². The molecule has 0 bridgehead atoms. The third-order valence-corrected chi connectivity index (χ3v) is 4.61. The zero-order chi connectivity index (χ0) is 19.9. The molecule has 0 aliphatic heterocycles. The van der Waals surface area contributed by atoms with Gasteiger partial charge in [0, 0.05) is 17.1 Å². The predicted molar refractivity (Wildman–Crippen MR) is 112 cm³/mol. The molecule has 0 aromatic heterocycles. The maximum atomic E-state index is 13.8. The van der Waals surface area contributed by atoms with E-state index in [0.29, 0.717) is 40.3 Å². The minimum Gasteiger partial charge on any atom is -0.490 e. The van der Waals surface area contributed by atoms with Gasteiger partial charge in [-0.1, -0.05) is 47.5 Å². The summed E-state index contributed by atoms with van der Waals surface area (Å²) in [4.78, 5) is 0. The zero-order valence-electron chi connectivity index (χ0n) is 15.3. The lowest BCUT2D eigenvalue weighted by Gasteiger charge is -2.15. The van der Waals surface area contributed by atoms with Crippen LogP contribution in [-0.4, -0.2) is 6.61 Å². The molecule has 0 aliphatic rings. The van der Waals surface area contributed by atoms with Crippen LogP contribution in [0.25, 0.3) is 0 Å². The summed E-state index contributed by atoms with van der Waals surface area (Å²) in [6.07, 6.45) is 0. The molecule has 0 amide bonds. The highest BCUT2D eigenvalue weighted by atomic mass is 35.5. The highest BCUT2D eigenvalue weighted by Crippen LogP contribution is 2.31. The first-order valence-corrected chi connectivity index (χ1v) is 9.63. The van der Waals surface area contributed by atoms with Gasteiger partial charge in [-0.3, -0.25) is 0 Å². The van der Waals surface area contributed by atoms with Gasteiger partial charge in [-0.15, -0.1) is 0 Å². The van der Waals surface area contributed by atoms with Gasteiger partial charge in [-0.2, -0.15) is 0 Å². The highest BCUT2D eigenvalue weighted by Gasteiger charge is 2.09. The molecule has 3 aromatic rings. The number of nitrogens with one attached hydrogen (secondary N) is 1. The Morgan fingerprint density at radius 1 is 0.929 bits per heavy atom. The summed E-state index contributed by atoms with van der Waals surface area (Å²) in [6.45, 7) is 3.08. The fourth-order valence-electron chi connectivity index (χ4n) is 2.65. The van der Waals surface area contributed by atoms with E-state index in [9.17, 15) is 4.39 Å². The van der Waals surface area contributed by atoms with Gasteiger partial charge in [0.1, 0.15) is 12.4 Å². The van der Waals surface area contributed by atoms with Crippen LogP contribution in [0.1, 0.15) is 18.1 Å². The number of rotatable bonds is 8. The molecule has 0 aliphatic carbocycles. The summed E-state index contributed by atoms with van der Waals surface area (Å²) in [5, 5.41) is 4.42. The first kappa shape index (κ1) is 20.3. The first-order chi connectivity index (χ1) is 13.6. The summed E-state index contributed by atoms with van der Waals surface area (Å²) < 4.78 is 25.3. The summed E-state index contributed by atoms with van der Waals surface area (Å²) in [5.41, 5.74) is 2.28. The van der Waals surface area contributed by atoms with E-state index in [1.165, 1.54) is 6.07 Å². The van der Waals surface area contributed by atoms with Crippen molar-refractivity contribution >= 4 is 28.9 Å². The van der Waals surface area contributed by atoms with Gasteiger partial charge < -0.3 is 14.8 Å². The van der Waals surface area contributed by atoms with E-state index in [1.807, 2.05) is 31.2 Å². The van der Waals surface area contributed by atoms with Crippen molar-refractivity contribution in [1.29, 1.82) is 0 Å². The van der Waals surface area contributed by atoms with Crippen molar-refractivity contribution in [2.24, 2.45) is 0 Å². The Labute approximate surface area is 174 Å². The normalized spacial score (nSPS) is 10.6. The summed E-state index contributed by atoms with van der Waals surface area (Å²) in [6, 6.07) is 17.5. The van der Waals surface area contributed by atoms with E-state index in [-0.39, 0.29) is 12.4 Å². The van der Waals surface area contributed by atoms with Crippen LogP contribution in [0.4, 0.5) is 10.1 Å². The smallest absolute Gasteiger partial charge is 0.161 e. The van der Waals surface area contributed by atoms with Crippen LogP contribution < -0.4 is 14.8 Å². The van der Waals surface area contributed by atoms with Crippen molar-refractivity contribution < 1.29 is 13.9 Å². The topological polar surface area (TPSA) is 30.5 Å². The lowest BCUT2D eigenvalue weighted by molar-refractivity contribution is 0.265. The van der Waals surface area contributed by atoms with Crippen molar-refractivity contribution in [1.82, 2.24) is 0 Å². The van der Waals surface area contributed by atoms with E-state index in [2.05, 4.69) is 5.32 Å². The molecule has 3 rings (SSSR count). The second-order valence-electron chi connectivity index (χ2n) is 6.07. The number of anilines is 1. The van der Waals surface area contributed by atoms with Crippen molar-refractivity contribution in [2.45, 2.75) is 20.1 Å². The van der Waals surface area contributed by atoms with Crippen LogP contribution in [-0.2, 0) is 13.2 Å². The largest absolute Gasteiger partial charge is 0.490 e. The molecule has 0 heterocycles. The van der Waals surface area contributed by atoms with Crippen LogP contribution >= 0.6 is 23.2 Å². The fraction of sp³-hybridized carbons (Fsp3) is 0.182. The van der Waals surface area contributed by atoms with Crippen LogP contribution in [0, 0.1) is 5.82 Å². The Morgan fingerprint density at radius 3 is 2.50 bits per heavy atom. The molecular weight excluding hydrogens is 400 g/mol. The molecule has 0 saturated heterocycles. The Morgan fingerprint density at radius 2 is 1.75 bits per heavy atom. The molecule has 0 unspecified atom stereocenters. The van der Waals surface area contributed by atoms with E-state index in [1.54, 1.807) is 30.3 Å². The second-order valence-corrected chi connectivity index (χ2v) is 6.92. The molecule has 3 aromatic carbocycles. The second kappa shape index (κ2) is 9.67. The quantitative estimate of drug-likeness (QED) is 0.439. The van der Waals surface area contributed by atoms with Crippen LogP contribution in [0.15, 0.2) is 60.7 Å². The minimum absolute atomic E-state index is 0.130. The molecule has 3 nitrogen and oxygen atoms in total. The van der Waals surface area contributed by atoms with Gasteiger partial charge >= 0.3 is 0 Å². The molecule has 1 N–H and O–H groups in total. The first-order valence-electron chi connectivity index (χ1n) is 8.87. The summed E-state index contributed by atoms with van der Waals surface area (Å²) >= 11 is 12.1. The molecule has 0 atom stereocenters. The number of benzene rings is 3. The van der Waals surface area contributed by atoms with Gasteiger partial charge in [0.2, 0.25) is 0 Å². The average Bonchev–Trinajstić information content (AvgIpc) is 2.68. The van der Waals surface area contributed by atoms with Crippen molar-refractivity contribution in [3.8, 4) is 11.5 Å². The maximum absolute atomic E-state index is 13.8. The predicted octanol–water partition coefficient (Wildman–Crippen LogP) is 6.72. The Bertz CT molecular complexity index is 950. The maximum Gasteiger partial charge on any atom is 0.161 e. The third-order valence-electron chi connectivity index (χ3n) is 4.06. The lowest BCUT2D eigenvalue weighted by Crippen LogP contribution is -2.04. The Balaban J connectivity index is 1.70. The number of hydrogen-bond donors (Lipinski definition) is 1. The number of hydrogen-bond acceptors (Lipinski definition) is 3. The standard InChI is InChI=1S/C22H20Cl2FNO2/c1-2-27-22-11-15(13-26-20-9-8-17(23)12-18(20)24)7-10-21(22)28-14-16-5-3-4-6-19(16)25/h3-12,26H,2,13-14H2,1H3. The van der Waals surface area contributed by atoms with Crippen LogP contribution in [0.2, 0.25) is 10.0 Å². The molecule has 146 valence electrons. The van der Waals surface area contributed by atoms with Crippen molar-refractivity contribution in [3.63, 3.8) is 0 Å². The van der Waals surface area contributed by atoms with Gasteiger partial charge in [0.05, 0.1) is 17.3 Å². The molecule has 0 radical (unpaired) electrons. The number of halogens is 3. The summed E-state index contributed by atoms with van der Waals surface area (Å²) in [7, 11) is 0. The van der Waals surface area contributed by atoms with Gasteiger partial charge in [0.25, 0.3) is 0 Å². The van der Waals surface area contributed by atoms with E-state index in [4.69, 9.17) is 32.7 Å². The SMILES string of the molecule is CCOc1cc(CNc2ccc(Cl)cc2Cl)ccc1OCc1ccccc1F. The Kier molecular flexibility index (Phi) is 7.01. The van der Waals surface area contributed by atoms with Crippen molar-refractivity contribution in [2.75, 3.05) is 11.9 Å². The fourth-order valence-corrected chi connectivity index (χ4v) is 3.13. The molecule has 0 spiro atoms. The van der Waals surface area contributed by atoms with Crippen LogP contribution in [0.3, 0.4) is 0 Å². The van der Waals surface area contributed by atoms with Gasteiger partial charge in [-0.25, -0.2) is 4.39 Å². The highest BCUT2D eigenvalue weighted by molar-refractivity contribution is 6.36. The van der Waals surface area contributed by atoms with Crippen LogP contribution in [0.5, 0.6) is 11.5 Å². The van der Waals surface area contributed by atoms with Crippen molar-refractivity contribution in [3.05, 3.63) is 87.7 Å². The lowest BCUT2D eigenvalue weighted by atomic mass is 10.2. The molecule has 0 fully saturated rings. The molecular formula is C22H20Cl2FNO2. The summed E-state index contributed by atoms with van der Waals surface area (Å²) in [5.74, 6) is 0.889. The third kappa shape index (κ3) is 5.31. The minimum atomic E-state index is -0.291. The Hall–Kier alpha value is -2.43. The number of ether oxygens (including phenoxy) is 2. The van der Waals surface area contributed by atoms with E-state index >= 15 is 0 Å². The average molecular weight is 420 g/mol. The van der Waals surface area contributed by atoms with E-state index < -0.39 is 0 Å². The monoisotopic (exact) mass is 419 g/mol. The van der Waals surface area contributed by atoms with Gasteiger partial charge in [-0.05, 0) is 48.9 Å². The molecule has 6 heteroatoms. The van der Waals surface area contributed by atoms with Gasteiger partial charge in [0.15, 0.2) is 11.5 Å². The molecule has 0 saturated carbocycles. The molecule has 28 heavy (non-hydrogen) atoms.